The van der Waals surface area contributed by atoms with Crippen molar-refractivity contribution in [2.45, 2.75) is 6.54 Å². The highest BCUT2D eigenvalue weighted by Gasteiger charge is 2.15. The Kier molecular flexibility index (Phi) is 3.77. The smallest absolute Gasteiger partial charge is 0.267 e. The molecule has 0 saturated heterocycles. The molecular formula is C17H11ClFN5O. The highest BCUT2D eigenvalue weighted by Crippen LogP contribution is 2.19. The quantitative estimate of drug-likeness (QED) is 0.567. The van der Waals surface area contributed by atoms with Crippen molar-refractivity contribution in [1.82, 2.24) is 24.8 Å². The van der Waals surface area contributed by atoms with E-state index >= 15 is 0 Å². The van der Waals surface area contributed by atoms with E-state index in [1.165, 1.54) is 23.0 Å². The molecule has 0 amide bonds. The Hall–Kier alpha value is -3.06. The largest absolute Gasteiger partial charge is 0.281 e. The van der Waals surface area contributed by atoms with Crippen molar-refractivity contribution in [3.05, 3.63) is 81.5 Å². The van der Waals surface area contributed by atoms with Crippen LogP contribution in [-0.2, 0) is 6.54 Å². The summed E-state index contributed by atoms with van der Waals surface area (Å²) in [5.74, 6) is -0.499. The molecule has 0 N–H and O–H groups in total. The first-order valence-corrected chi connectivity index (χ1v) is 7.83. The van der Waals surface area contributed by atoms with Crippen LogP contribution < -0.4 is 5.56 Å². The predicted octanol–water partition coefficient (Wildman–Crippen LogP) is 2.82. The molecule has 0 spiro atoms. The molecule has 8 heteroatoms. The Morgan fingerprint density at radius 1 is 1.08 bits per heavy atom. The van der Waals surface area contributed by atoms with Crippen LogP contribution in [0.4, 0.5) is 4.39 Å². The number of fused-ring (bicyclic) bond motifs is 1. The summed E-state index contributed by atoms with van der Waals surface area (Å²) in [5.41, 5.74) is 0.884. The zero-order valence-electron chi connectivity index (χ0n) is 12.8. The lowest BCUT2D eigenvalue weighted by Crippen LogP contribution is -2.25. The molecule has 4 aromatic rings. The van der Waals surface area contributed by atoms with Gasteiger partial charge in [0.15, 0.2) is 5.65 Å². The monoisotopic (exact) mass is 355 g/mol. The molecule has 0 aliphatic heterocycles. The fourth-order valence-corrected chi connectivity index (χ4v) is 2.78. The number of rotatable bonds is 3. The van der Waals surface area contributed by atoms with Gasteiger partial charge in [0, 0.05) is 10.6 Å². The van der Waals surface area contributed by atoms with Crippen molar-refractivity contribution < 1.29 is 4.39 Å². The second-order valence-corrected chi connectivity index (χ2v) is 5.79. The lowest BCUT2D eigenvalue weighted by atomic mass is 10.2. The van der Waals surface area contributed by atoms with E-state index in [0.29, 0.717) is 11.0 Å². The van der Waals surface area contributed by atoms with Crippen LogP contribution in [0.15, 0.2) is 59.5 Å². The molecule has 0 atom stereocenters. The molecule has 124 valence electrons. The van der Waals surface area contributed by atoms with Gasteiger partial charge in [-0.15, -0.1) is 5.10 Å². The molecule has 0 bridgehead atoms. The van der Waals surface area contributed by atoms with Crippen molar-refractivity contribution >= 4 is 22.6 Å². The van der Waals surface area contributed by atoms with Crippen LogP contribution in [0.25, 0.3) is 16.7 Å². The summed E-state index contributed by atoms with van der Waals surface area (Å²) in [6, 6.07) is 13.6. The summed E-state index contributed by atoms with van der Waals surface area (Å²) in [5, 5.41) is 12.7. The van der Waals surface area contributed by atoms with Gasteiger partial charge in [-0.3, -0.25) is 4.79 Å². The van der Waals surface area contributed by atoms with Gasteiger partial charge in [0.1, 0.15) is 11.2 Å². The minimum Gasteiger partial charge on any atom is -0.267 e. The third-order valence-corrected chi connectivity index (χ3v) is 4.18. The van der Waals surface area contributed by atoms with Gasteiger partial charge in [-0.1, -0.05) is 41.1 Å². The SMILES string of the molecule is O=c1c2cnn(-c3ccccc3)c2nnn1Cc1c(F)cccc1Cl. The Labute approximate surface area is 146 Å². The molecule has 0 aliphatic rings. The average Bonchev–Trinajstić information content (AvgIpc) is 3.06. The van der Waals surface area contributed by atoms with Crippen molar-refractivity contribution in [3.63, 3.8) is 0 Å². The first-order valence-electron chi connectivity index (χ1n) is 7.45. The van der Waals surface area contributed by atoms with Gasteiger partial charge in [-0.25, -0.2) is 13.8 Å². The Balaban J connectivity index is 1.81. The molecule has 0 radical (unpaired) electrons. The Bertz CT molecular complexity index is 1100. The van der Waals surface area contributed by atoms with Gasteiger partial charge in [-0.05, 0) is 24.3 Å². The van der Waals surface area contributed by atoms with Crippen LogP contribution in [0.5, 0.6) is 0 Å². The molecule has 0 fully saturated rings. The summed E-state index contributed by atoms with van der Waals surface area (Å²) in [4.78, 5) is 12.6. The summed E-state index contributed by atoms with van der Waals surface area (Å²) in [7, 11) is 0. The minimum absolute atomic E-state index is 0.107. The maximum absolute atomic E-state index is 13.9. The number of aromatic nitrogens is 5. The molecule has 2 aromatic heterocycles. The summed E-state index contributed by atoms with van der Waals surface area (Å²) in [6.45, 7) is -0.107. The van der Waals surface area contributed by atoms with E-state index in [0.717, 1.165) is 10.4 Å². The van der Waals surface area contributed by atoms with Crippen LogP contribution in [0.2, 0.25) is 5.02 Å². The summed E-state index contributed by atoms with van der Waals surface area (Å²) in [6.07, 6.45) is 1.43. The zero-order chi connectivity index (χ0) is 17.4. The number of nitrogens with zero attached hydrogens (tertiary/aromatic N) is 5. The summed E-state index contributed by atoms with van der Waals surface area (Å²) < 4.78 is 16.5. The first kappa shape index (κ1) is 15.5. The standard InChI is InChI=1S/C17H11ClFN5O/c18-14-7-4-8-15(19)13(14)10-23-17(25)12-9-20-24(16(12)21-22-23)11-5-2-1-3-6-11/h1-9H,10H2. The third-order valence-electron chi connectivity index (χ3n) is 3.83. The molecule has 6 nitrogen and oxygen atoms in total. The van der Waals surface area contributed by atoms with E-state index in [1.807, 2.05) is 30.3 Å². The molecule has 0 saturated carbocycles. The van der Waals surface area contributed by atoms with Crippen LogP contribution in [-0.4, -0.2) is 24.8 Å². The van der Waals surface area contributed by atoms with Crippen LogP contribution in [0.1, 0.15) is 5.56 Å². The van der Waals surface area contributed by atoms with Crippen molar-refractivity contribution in [2.24, 2.45) is 0 Å². The van der Waals surface area contributed by atoms with Crippen molar-refractivity contribution in [2.75, 3.05) is 0 Å². The van der Waals surface area contributed by atoms with E-state index < -0.39 is 11.4 Å². The first-order chi connectivity index (χ1) is 12.1. The van der Waals surface area contributed by atoms with E-state index in [1.54, 1.807) is 6.07 Å². The zero-order valence-corrected chi connectivity index (χ0v) is 13.6. The van der Waals surface area contributed by atoms with Crippen LogP contribution in [0, 0.1) is 5.82 Å². The van der Waals surface area contributed by atoms with Gasteiger partial charge in [-0.2, -0.15) is 5.10 Å². The maximum Gasteiger partial charge on any atom is 0.281 e. The number of para-hydroxylation sites is 1. The second-order valence-electron chi connectivity index (χ2n) is 5.38. The molecule has 0 aliphatic carbocycles. The topological polar surface area (TPSA) is 65.6 Å². The van der Waals surface area contributed by atoms with Gasteiger partial charge in [0.05, 0.1) is 18.4 Å². The highest BCUT2D eigenvalue weighted by atomic mass is 35.5. The van der Waals surface area contributed by atoms with E-state index in [2.05, 4.69) is 15.4 Å². The minimum atomic E-state index is -0.499. The molecule has 25 heavy (non-hydrogen) atoms. The predicted molar refractivity (Wildman–Crippen MR) is 91.4 cm³/mol. The van der Waals surface area contributed by atoms with Gasteiger partial charge in [0.25, 0.3) is 5.56 Å². The van der Waals surface area contributed by atoms with Gasteiger partial charge < -0.3 is 0 Å². The summed E-state index contributed by atoms with van der Waals surface area (Å²) >= 11 is 6.01. The van der Waals surface area contributed by atoms with E-state index in [9.17, 15) is 9.18 Å². The molecule has 2 aromatic carbocycles. The van der Waals surface area contributed by atoms with Gasteiger partial charge >= 0.3 is 0 Å². The molecule has 4 rings (SSSR count). The van der Waals surface area contributed by atoms with Crippen molar-refractivity contribution in [3.8, 4) is 5.69 Å². The van der Waals surface area contributed by atoms with Crippen molar-refractivity contribution in [1.29, 1.82) is 0 Å². The normalized spacial score (nSPS) is 11.1. The highest BCUT2D eigenvalue weighted by molar-refractivity contribution is 6.31. The van der Waals surface area contributed by atoms with E-state index in [4.69, 9.17) is 11.6 Å². The Morgan fingerprint density at radius 3 is 2.64 bits per heavy atom. The number of halogens is 2. The lowest BCUT2D eigenvalue weighted by Gasteiger charge is -2.07. The lowest BCUT2D eigenvalue weighted by molar-refractivity contribution is 0.556. The fourth-order valence-electron chi connectivity index (χ4n) is 2.56. The molecular weight excluding hydrogens is 345 g/mol. The van der Waals surface area contributed by atoms with Gasteiger partial charge in [0.2, 0.25) is 0 Å². The number of hydrogen-bond donors (Lipinski definition) is 0. The Morgan fingerprint density at radius 2 is 1.88 bits per heavy atom. The number of hydrogen-bond acceptors (Lipinski definition) is 4. The maximum atomic E-state index is 13.9. The average molecular weight is 356 g/mol. The van der Waals surface area contributed by atoms with Crippen LogP contribution in [0.3, 0.4) is 0 Å². The van der Waals surface area contributed by atoms with E-state index in [-0.39, 0.29) is 17.1 Å². The second kappa shape index (κ2) is 6.10. The third kappa shape index (κ3) is 2.68. The number of benzene rings is 2. The fraction of sp³-hybridized carbons (Fsp3) is 0.0588. The van der Waals surface area contributed by atoms with Crippen LogP contribution >= 0.6 is 11.6 Å². The molecule has 0 unspecified atom stereocenters. The molecule has 2 heterocycles.